The average Bonchev–Trinajstić information content (AvgIpc) is 3.32. The molecular formula is C25H36N6O3. The number of nitrogens with zero attached hydrogens (tertiary/aromatic N) is 3. The molecule has 0 radical (unpaired) electrons. The average molecular weight is 469 g/mol. The number of pyridine rings is 1. The zero-order valence-electron chi connectivity index (χ0n) is 20.3. The highest BCUT2D eigenvalue weighted by Crippen LogP contribution is 2.29. The number of hydrogen-bond donors (Lipinski definition) is 3. The first kappa shape index (κ1) is 24.2. The first-order valence-electron chi connectivity index (χ1n) is 12.1. The number of ether oxygens (including phenoxy) is 2. The number of benzene rings is 1. The van der Waals surface area contributed by atoms with E-state index in [1.54, 1.807) is 13.4 Å². The van der Waals surface area contributed by atoms with Crippen LogP contribution >= 0.6 is 0 Å². The molecule has 3 heterocycles. The zero-order chi connectivity index (χ0) is 24.1. The van der Waals surface area contributed by atoms with E-state index < -0.39 is 0 Å². The number of rotatable bonds is 9. The van der Waals surface area contributed by atoms with E-state index in [0.717, 1.165) is 59.1 Å². The topological polar surface area (TPSA) is 118 Å². The second kappa shape index (κ2) is 11.0. The third-order valence-corrected chi connectivity index (χ3v) is 6.40. The molecule has 184 valence electrons. The quantitative estimate of drug-likeness (QED) is 0.444. The predicted molar refractivity (Wildman–Crippen MR) is 133 cm³/mol. The number of piperidine rings is 1. The number of urea groups is 1. The Morgan fingerprint density at radius 1 is 1.32 bits per heavy atom. The SMILES string of the molecule is COCCC(CN)Cc1nc2cc(OC3CCN(C(=O)NC(C)C)CC3)ccc2c2nc[nH]c12. The van der Waals surface area contributed by atoms with Gasteiger partial charge in [-0.05, 0) is 51.3 Å². The molecule has 34 heavy (non-hydrogen) atoms. The fraction of sp³-hybridized carbons (Fsp3) is 0.560. The standard InChI is InChI=1S/C25H36N6O3/c1-16(2)29-25(32)31-9-6-18(7-10-31)34-19-4-5-20-21(13-19)30-22(24-23(20)27-15-28-24)12-17(14-26)8-11-33-3/h4-5,13,15-18H,6-12,14,26H2,1-3H3,(H,27,28)(H,29,32). The minimum atomic E-state index is 0.000173. The van der Waals surface area contributed by atoms with Crippen LogP contribution in [-0.4, -0.2) is 71.4 Å². The van der Waals surface area contributed by atoms with Gasteiger partial charge in [-0.2, -0.15) is 0 Å². The van der Waals surface area contributed by atoms with E-state index in [4.69, 9.17) is 20.2 Å². The molecule has 1 unspecified atom stereocenters. The molecule has 3 aromatic rings. The molecule has 9 heteroatoms. The Balaban J connectivity index is 1.49. The van der Waals surface area contributed by atoms with Gasteiger partial charge in [0.15, 0.2) is 0 Å². The lowest BCUT2D eigenvalue weighted by Crippen LogP contribution is -2.48. The van der Waals surface area contributed by atoms with E-state index in [-0.39, 0.29) is 24.1 Å². The third kappa shape index (κ3) is 5.59. The largest absolute Gasteiger partial charge is 0.490 e. The first-order chi connectivity index (χ1) is 16.5. The Hall–Kier alpha value is -2.91. The van der Waals surface area contributed by atoms with Crippen LogP contribution in [0.15, 0.2) is 24.5 Å². The number of carbonyl (C=O) groups excluding carboxylic acids is 1. The number of imidazole rings is 1. The molecular weight excluding hydrogens is 432 g/mol. The molecule has 0 bridgehead atoms. The van der Waals surface area contributed by atoms with Crippen LogP contribution in [-0.2, 0) is 11.2 Å². The van der Waals surface area contributed by atoms with Crippen molar-refractivity contribution in [3.05, 3.63) is 30.2 Å². The molecule has 1 aliphatic heterocycles. The molecule has 1 aliphatic rings. The van der Waals surface area contributed by atoms with E-state index in [9.17, 15) is 4.79 Å². The Labute approximate surface area is 200 Å². The summed E-state index contributed by atoms with van der Waals surface area (Å²) in [5, 5.41) is 3.95. The molecule has 9 nitrogen and oxygen atoms in total. The minimum absolute atomic E-state index is 0.000173. The highest BCUT2D eigenvalue weighted by Gasteiger charge is 2.24. The van der Waals surface area contributed by atoms with E-state index in [1.807, 2.05) is 36.9 Å². The number of hydrogen-bond acceptors (Lipinski definition) is 6. The Kier molecular flexibility index (Phi) is 7.84. The number of aromatic amines is 1. The van der Waals surface area contributed by atoms with Crippen LogP contribution in [0.4, 0.5) is 4.79 Å². The predicted octanol–water partition coefficient (Wildman–Crippen LogP) is 3.23. The number of fused-ring (bicyclic) bond motifs is 3. The van der Waals surface area contributed by atoms with Gasteiger partial charge in [0.05, 0.1) is 28.6 Å². The van der Waals surface area contributed by atoms with Crippen LogP contribution < -0.4 is 15.8 Å². The number of methoxy groups -OCH3 is 1. The van der Waals surface area contributed by atoms with Crippen molar-refractivity contribution in [1.29, 1.82) is 0 Å². The lowest BCUT2D eigenvalue weighted by Gasteiger charge is -2.32. The number of likely N-dealkylation sites (tertiary alicyclic amines) is 1. The number of aromatic nitrogens is 3. The van der Waals surface area contributed by atoms with Crippen LogP contribution in [0.1, 0.15) is 38.8 Å². The van der Waals surface area contributed by atoms with Gasteiger partial charge < -0.3 is 30.4 Å². The number of H-pyrrole nitrogens is 1. The fourth-order valence-corrected chi connectivity index (χ4v) is 4.51. The van der Waals surface area contributed by atoms with Gasteiger partial charge in [0, 0.05) is 57.1 Å². The monoisotopic (exact) mass is 468 g/mol. The molecule has 4 N–H and O–H groups in total. The summed E-state index contributed by atoms with van der Waals surface area (Å²) in [7, 11) is 1.71. The van der Waals surface area contributed by atoms with Gasteiger partial charge >= 0.3 is 6.03 Å². The van der Waals surface area contributed by atoms with E-state index in [1.165, 1.54) is 0 Å². The van der Waals surface area contributed by atoms with Gasteiger partial charge in [0.1, 0.15) is 11.9 Å². The molecule has 0 aliphatic carbocycles. The molecule has 0 spiro atoms. The van der Waals surface area contributed by atoms with Crippen molar-refractivity contribution in [3.63, 3.8) is 0 Å². The van der Waals surface area contributed by atoms with Crippen molar-refractivity contribution < 1.29 is 14.3 Å². The maximum Gasteiger partial charge on any atom is 0.317 e. The van der Waals surface area contributed by atoms with Crippen LogP contribution in [0.2, 0.25) is 0 Å². The zero-order valence-corrected chi connectivity index (χ0v) is 20.3. The van der Waals surface area contributed by atoms with Crippen molar-refractivity contribution in [1.82, 2.24) is 25.2 Å². The second-order valence-corrected chi connectivity index (χ2v) is 9.36. The Morgan fingerprint density at radius 2 is 2.12 bits per heavy atom. The second-order valence-electron chi connectivity index (χ2n) is 9.36. The van der Waals surface area contributed by atoms with Gasteiger partial charge in [0.2, 0.25) is 0 Å². The highest BCUT2D eigenvalue weighted by molar-refractivity contribution is 6.03. The van der Waals surface area contributed by atoms with Crippen LogP contribution in [0.25, 0.3) is 21.9 Å². The van der Waals surface area contributed by atoms with Crippen molar-refractivity contribution >= 4 is 28.0 Å². The number of nitrogens with one attached hydrogen (secondary N) is 2. The van der Waals surface area contributed by atoms with Crippen LogP contribution in [0, 0.1) is 5.92 Å². The smallest absolute Gasteiger partial charge is 0.317 e. The summed E-state index contributed by atoms with van der Waals surface area (Å²) in [6.07, 6.45) is 5.05. The molecule has 1 fully saturated rings. The van der Waals surface area contributed by atoms with Gasteiger partial charge in [-0.1, -0.05) is 0 Å². The number of carbonyl (C=O) groups is 1. The van der Waals surface area contributed by atoms with Crippen molar-refractivity contribution in [2.75, 3.05) is 33.4 Å². The maximum absolute atomic E-state index is 12.2. The van der Waals surface area contributed by atoms with Gasteiger partial charge in [-0.25, -0.2) is 9.78 Å². The molecule has 1 aromatic carbocycles. The molecule has 1 saturated heterocycles. The molecule has 1 atom stereocenters. The summed E-state index contributed by atoms with van der Waals surface area (Å²) in [6, 6.07) is 6.15. The lowest BCUT2D eigenvalue weighted by atomic mass is 9.98. The van der Waals surface area contributed by atoms with E-state index >= 15 is 0 Å². The van der Waals surface area contributed by atoms with Crippen molar-refractivity contribution in [3.8, 4) is 5.75 Å². The summed E-state index contributed by atoms with van der Waals surface area (Å²) >= 11 is 0. The summed E-state index contributed by atoms with van der Waals surface area (Å²) in [4.78, 5) is 26.9. The lowest BCUT2D eigenvalue weighted by molar-refractivity contribution is 0.110. The number of amides is 2. The fourth-order valence-electron chi connectivity index (χ4n) is 4.51. The Bertz CT molecular complexity index is 1110. The van der Waals surface area contributed by atoms with Crippen LogP contribution in [0.3, 0.4) is 0 Å². The van der Waals surface area contributed by atoms with E-state index in [0.29, 0.717) is 26.2 Å². The maximum atomic E-state index is 12.2. The summed E-state index contributed by atoms with van der Waals surface area (Å²) < 4.78 is 11.5. The Morgan fingerprint density at radius 3 is 2.82 bits per heavy atom. The summed E-state index contributed by atoms with van der Waals surface area (Å²) in [5.74, 6) is 1.08. The van der Waals surface area contributed by atoms with Crippen molar-refractivity contribution in [2.45, 2.75) is 51.7 Å². The molecule has 4 rings (SSSR count). The highest BCUT2D eigenvalue weighted by atomic mass is 16.5. The summed E-state index contributed by atoms with van der Waals surface area (Å²) in [5.41, 5.74) is 9.72. The van der Waals surface area contributed by atoms with Gasteiger partial charge in [0.25, 0.3) is 0 Å². The molecule has 2 amide bonds. The molecule has 2 aromatic heterocycles. The third-order valence-electron chi connectivity index (χ3n) is 6.40. The number of nitrogens with two attached hydrogens (primary N) is 1. The van der Waals surface area contributed by atoms with Gasteiger partial charge in [-0.15, -0.1) is 0 Å². The minimum Gasteiger partial charge on any atom is -0.490 e. The first-order valence-corrected chi connectivity index (χ1v) is 12.1. The van der Waals surface area contributed by atoms with E-state index in [2.05, 4.69) is 15.3 Å². The van der Waals surface area contributed by atoms with Gasteiger partial charge in [-0.3, -0.25) is 4.98 Å². The molecule has 0 saturated carbocycles. The van der Waals surface area contributed by atoms with Crippen LogP contribution in [0.5, 0.6) is 5.75 Å². The summed E-state index contributed by atoms with van der Waals surface area (Å²) in [6.45, 7) is 6.58. The van der Waals surface area contributed by atoms with Crippen molar-refractivity contribution in [2.24, 2.45) is 11.7 Å². The normalized spacial score (nSPS) is 15.9.